The van der Waals surface area contributed by atoms with E-state index in [-0.39, 0.29) is 12.4 Å². The smallest absolute Gasteiger partial charge is 0.343 e. The van der Waals surface area contributed by atoms with E-state index in [0.717, 1.165) is 18.7 Å². The molecule has 2 aromatic rings. The van der Waals surface area contributed by atoms with Gasteiger partial charge in [0.05, 0.1) is 7.11 Å². The van der Waals surface area contributed by atoms with Crippen molar-refractivity contribution in [3.05, 3.63) is 65.7 Å². The zero-order valence-electron chi connectivity index (χ0n) is 16.1. The van der Waals surface area contributed by atoms with Gasteiger partial charge in [0.25, 0.3) is 0 Å². The molecule has 28 heavy (non-hydrogen) atoms. The minimum Gasteiger partial charge on any atom is -0.482 e. The summed E-state index contributed by atoms with van der Waals surface area (Å²) in [5.41, 5.74) is 2.80. The number of carbonyl (C=O) groups excluding carboxylic acids is 2. The highest BCUT2D eigenvalue weighted by Crippen LogP contribution is 2.21. The van der Waals surface area contributed by atoms with Crippen molar-refractivity contribution < 1.29 is 19.1 Å². The molecule has 0 radical (unpaired) electrons. The molecule has 1 fully saturated rings. The minimum atomic E-state index is -0.450. The van der Waals surface area contributed by atoms with Crippen LogP contribution in [0.4, 0.5) is 5.69 Å². The molecule has 0 spiro atoms. The topological polar surface area (TPSA) is 55.8 Å². The fourth-order valence-corrected chi connectivity index (χ4v) is 3.13. The molecule has 1 heterocycles. The fourth-order valence-electron chi connectivity index (χ4n) is 3.13. The van der Waals surface area contributed by atoms with Crippen LogP contribution in [0, 0.1) is 0 Å². The molecule has 0 aromatic heterocycles. The van der Waals surface area contributed by atoms with Gasteiger partial charge in [-0.15, -0.1) is 0 Å². The maximum atomic E-state index is 12.3. The Kier molecular flexibility index (Phi) is 6.84. The highest BCUT2D eigenvalue weighted by Gasteiger charge is 2.10. The third-order valence-electron chi connectivity index (χ3n) is 4.76. The molecule has 5 heteroatoms. The van der Waals surface area contributed by atoms with Gasteiger partial charge in [0.15, 0.2) is 12.4 Å². The van der Waals surface area contributed by atoms with Gasteiger partial charge >= 0.3 is 5.97 Å². The molecule has 1 aliphatic heterocycles. The van der Waals surface area contributed by atoms with Crippen LogP contribution in [-0.4, -0.2) is 38.6 Å². The van der Waals surface area contributed by atoms with E-state index in [0.29, 0.717) is 11.3 Å². The van der Waals surface area contributed by atoms with Crippen LogP contribution in [0.25, 0.3) is 6.08 Å². The Labute approximate surface area is 165 Å². The van der Waals surface area contributed by atoms with Gasteiger partial charge in [-0.1, -0.05) is 18.2 Å². The number of methoxy groups -OCH3 is 1. The standard InChI is InChI=1S/C23H25NO4/c1-27-23(26)17-28-21-12-8-19(9-13-21)22(25)14-7-18-5-10-20(11-6-18)24-15-3-2-4-16-24/h5-14H,2-4,15-17H2,1H3. The van der Waals surface area contributed by atoms with Crippen molar-refractivity contribution in [3.63, 3.8) is 0 Å². The van der Waals surface area contributed by atoms with Crippen LogP contribution < -0.4 is 9.64 Å². The number of ether oxygens (including phenoxy) is 2. The summed E-state index contributed by atoms with van der Waals surface area (Å²) in [4.78, 5) is 25.8. The van der Waals surface area contributed by atoms with Crippen molar-refractivity contribution in [2.75, 3.05) is 31.7 Å². The number of ketones is 1. The van der Waals surface area contributed by atoms with Gasteiger partial charge in [-0.2, -0.15) is 0 Å². The minimum absolute atomic E-state index is 0.0837. The van der Waals surface area contributed by atoms with Crippen LogP contribution in [0.15, 0.2) is 54.6 Å². The number of piperidine rings is 1. The molecule has 146 valence electrons. The van der Waals surface area contributed by atoms with E-state index in [1.807, 2.05) is 18.2 Å². The normalized spacial score (nSPS) is 14.1. The van der Waals surface area contributed by atoms with Crippen molar-refractivity contribution in [1.29, 1.82) is 0 Å². The lowest BCUT2D eigenvalue weighted by molar-refractivity contribution is -0.142. The number of hydrogen-bond donors (Lipinski definition) is 0. The molecule has 1 saturated heterocycles. The number of benzene rings is 2. The summed E-state index contributed by atoms with van der Waals surface area (Å²) in [5, 5.41) is 0. The lowest BCUT2D eigenvalue weighted by Crippen LogP contribution is -2.29. The second kappa shape index (κ2) is 9.74. The highest BCUT2D eigenvalue weighted by atomic mass is 16.6. The van der Waals surface area contributed by atoms with E-state index >= 15 is 0 Å². The van der Waals surface area contributed by atoms with Gasteiger partial charge in [0, 0.05) is 24.3 Å². The SMILES string of the molecule is COC(=O)COc1ccc(C(=O)C=Cc2ccc(N3CCCCC3)cc2)cc1. The average Bonchev–Trinajstić information content (AvgIpc) is 2.77. The van der Waals surface area contributed by atoms with E-state index in [1.165, 1.54) is 32.1 Å². The Morgan fingerprint density at radius 2 is 1.64 bits per heavy atom. The number of esters is 1. The molecule has 0 bridgehead atoms. The average molecular weight is 379 g/mol. The van der Waals surface area contributed by atoms with E-state index in [9.17, 15) is 9.59 Å². The van der Waals surface area contributed by atoms with Crippen LogP contribution in [0.1, 0.15) is 35.2 Å². The third kappa shape index (κ3) is 5.46. The Morgan fingerprint density at radius 3 is 2.29 bits per heavy atom. The molecule has 0 saturated carbocycles. The Balaban J connectivity index is 1.56. The summed E-state index contributed by atoms with van der Waals surface area (Å²) in [5.74, 6) is -0.0201. The Morgan fingerprint density at radius 1 is 0.964 bits per heavy atom. The molecule has 3 rings (SSSR count). The molecule has 5 nitrogen and oxygen atoms in total. The molecule has 0 atom stereocenters. The molecule has 0 unspecified atom stereocenters. The van der Waals surface area contributed by atoms with Gasteiger partial charge in [-0.05, 0) is 67.3 Å². The maximum Gasteiger partial charge on any atom is 0.343 e. The van der Waals surface area contributed by atoms with Crippen LogP contribution in [0.5, 0.6) is 5.75 Å². The first kappa shape index (κ1) is 19.7. The predicted molar refractivity (Wildman–Crippen MR) is 110 cm³/mol. The largest absolute Gasteiger partial charge is 0.482 e. The van der Waals surface area contributed by atoms with Crippen molar-refractivity contribution in [3.8, 4) is 5.75 Å². The Hall–Kier alpha value is -3.08. The van der Waals surface area contributed by atoms with Gasteiger partial charge in [0.1, 0.15) is 5.75 Å². The molecule has 1 aliphatic rings. The summed E-state index contributed by atoms with van der Waals surface area (Å²) < 4.78 is 9.80. The van der Waals surface area contributed by atoms with Crippen molar-refractivity contribution in [2.45, 2.75) is 19.3 Å². The number of hydrogen-bond acceptors (Lipinski definition) is 5. The predicted octanol–water partition coefficient (Wildman–Crippen LogP) is 4.12. The molecule has 0 N–H and O–H groups in total. The number of carbonyl (C=O) groups is 2. The van der Waals surface area contributed by atoms with E-state index in [1.54, 1.807) is 30.3 Å². The van der Waals surface area contributed by atoms with E-state index in [2.05, 4.69) is 21.8 Å². The second-order valence-electron chi connectivity index (χ2n) is 6.73. The molecular formula is C23H25NO4. The van der Waals surface area contributed by atoms with Gasteiger partial charge in [-0.3, -0.25) is 4.79 Å². The number of anilines is 1. The van der Waals surface area contributed by atoms with Gasteiger partial charge in [0.2, 0.25) is 0 Å². The Bertz CT molecular complexity index is 819. The maximum absolute atomic E-state index is 12.3. The summed E-state index contributed by atoms with van der Waals surface area (Å²) in [6, 6.07) is 15.0. The first-order chi connectivity index (χ1) is 13.7. The number of nitrogens with zero attached hydrogens (tertiary/aromatic N) is 1. The van der Waals surface area contributed by atoms with Crippen LogP contribution in [-0.2, 0) is 9.53 Å². The quantitative estimate of drug-likeness (QED) is 0.411. The van der Waals surface area contributed by atoms with Gasteiger partial charge in [-0.25, -0.2) is 4.79 Å². The third-order valence-corrected chi connectivity index (χ3v) is 4.76. The van der Waals surface area contributed by atoms with Gasteiger partial charge < -0.3 is 14.4 Å². The first-order valence-electron chi connectivity index (χ1n) is 9.53. The molecule has 0 aliphatic carbocycles. The van der Waals surface area contributed by atoms with Crippen molar-refractivity contribution in [1.82, 2.24) is 0 Å². The fraction of sp³-hybridized carbons (Fsp3) is 0.304. The molecular weight excluding hydrogens is 354 g/mol. The zero-order valence-corrected chi connectivity index (χ0v) is 16.1. The summed E-state index contributed by atoms with van der Waals surface area (Å²) >= 11 is 0. The molecule has 0 amide bonds. The zero-order chi connectivity index (χ0) is 19.8. The van der Waals surface area contributed by atoms with Crippen LogP contribution >= 0.6 is 0 Å². The summed E-state index contributed by atoms with van der Waals surface area (Å²) in [7, 11) is 1.31. The van der Waals surface area contributed by atoms with Crippen molar-refractivity contribution >= 4 is 23.5 Å². The highest BCUT2D eigenvalue weighted by molar-refractivity contribution is 6.06. The van der Waals surface area contributed by atoms with Crippen molar-refractivity contribution in [2.24, 2.45) is 0 Å². The summed E-state index contributed by atoms with van der Waals surface area (Å²) in [6.07, 6.45) is 7.22. The lowest BCUT2D eigenvalue weighted by Gasteiger charge is -2.28. The lowest BCUT2D eigenvalue weighted by atomic mass is 10.1. The van der Waals surface area contributed by atoms with E-state index in [4.69, 9.17) is 4.74 Å². The number of allylic oxidation sites excluding steroid dienone is 1. The molecule has 2 aromatic carbocycles. The summed E-state index contributed by atoms with van der Waals surface area (Å²) in [6.45, 7) is 2.08. The first-order valence-corrected chi connectivity index (χ1v) is 9.53. The second-order valence-corrected chi connectivity index (χ2v) is 6.73. The number of rotatable bonds is 7. The monoisotopic (exact) mass is 379 g/mol. The van der Waals surface area contributed by atoms with Crippen LogP contribution in [0.2, 0.25) is 0 Å². The van der Waals surface area contributed by atoms with E-state index < -0.39 is 5.97 Å². The van der Waals surface area contributed by atoms with Crippen LogP contribution in [0.3, 0.4) is 0 Å².